The molecule has 1 fully saturated rings. The summed E-state index contributed by atoms with van der Waals surface area (Å²) in [7, 11) is -3.59. The van der Waals surface area contributed by atoms with Crippen molar-refractivity contribution in [3.8, 4) is 0 Å². The molecule has 0 spiro atoms. The van der Waals surface area contributed by atoms with Gasteiger partial charge in [-0.15, -0.1) is 0 Å². The van der Waals surface area contributed by atoms with Crippen LogP contribution in [0.4, 0.5) is 0 Å². The Morgan fingerprint density at radius 1 is 1.29 bits per heavy atom. The van der Waals surface area contributed by atoms with E-state index in [1.165, 1.54) is 6.20 Å². The van der Waals surface area contributed by atoms with Gasteiger partial charge in [0.2, 0.25) is 11.8 Å². The molecule has 2 heterocycles. The van der Waals surface area contributed by atoms with Crippen LogP contribution in [0.3, 0.4) is 0 Å². The van der Waals surface area contributed by atoms with Crippen molar-refractivity contribution in [1.82, 2.24) is 9.88 Å². The Bertz CT molecular complexity index is 752. The standard InChI is InChI=1S/C12H12N2O7S3/c15-9-4-5-10(16)14(9)12(11(17)18,24(19,20)21)7-22-23-8-3-1-2-6-13-8/h1-3,6H,4-5,7H2,(H,17,18)(H,19,20,21). The smallest absolute Gasteiger partial charge is 0.349 e. The van der Waals surface area contributed by atoms with E-state index >= 15 is 0 Å². The number of imide groups is 1. The van der Waals surface area contributed by atoms with E-state index in [2.05, 4.69) is 4.98 Å². The quantitative estimate of drug-likeness (QED) is 0.385. The molecule has 24 heavy (non-hydrogen) atoms. The molecular formula is C12H12N2O7S3. The molecule has 0 aliphatic carbocycles. The Labute approximate surface area is 145 Å². The van der Waals surface area contributed by atoms with Crippen molar-refractivity contribution in [2.24, 2.45) is 0 Å². The van der Waals surface area contributed by atoms with Crippen LogP contribution >= 0.6 is 21.6 Å². The normalized spacial score (nSPS) is 17.8. The van der Waals surface area contributed by atoms with Crippen LogP contribution in [0.15, 0.2) is 29.4 Å². The van der Waals surface area contributed by atoms with E-state index in [0.29, 0.717) is 5.03 Å². The molecule has 130 valence electrons. The highest BCUT2D eigenvalue weighted by atomic mass is 33.1. The number of carboxylic acid groups (broad SMARTS) is 1. The molecule has 12 heteroatoms. The van der Waals surface area contributed by atoms with Crippen molar-refractivity contribution in [3.05, 3.63) is 24.4 Å². The minimum absolute atomic E-state index is 0.136. The molecule has 1 aromatic heterocycles. The van der Waals surface area contributed by atoms with Gasteiger partial charge < -0.3 is 5.11 Å². The Morgan fingerprint density at radius 2 is 1.92 bits per heavy atom. The fraction of sp³-hybridized carbons (Fsp3) is 0.333. The first-order valence-electron chi connectivity index (χ1n) is 6.47. The van der Waals surface area contributed by atoms with Crippen LogP contribution in [0.1, 0.15) is 12.8 Å². The number of hydrogen-bond acceptors (Lipinski definition) is 8. The highest BCUT2D eigenvalue weighted by molar-refractivity contribution is 8.76. The van der Waals surface area contributed by atoms with E-state index < -0.39 is 38.5 Å². The number of rotatable bonds is 7. The molecule has 0 saturated carbocycles. The lowest BCUT2D eigenvalue weighted by Crippen LogP contribution is -2.63. The number of nitrogens with zero attached hydrogens (tertiary/aromatic N) is 2. The van der Waals surface area contributed by atoms with Gasteiger partial charge in [0.25, 0.3) is 4.87 Å². The Balaban J connectivity index is 2.34. The number of pyridine rings is 1. The second-order valence-electron chi connectivity index (χ2n) is 4.70. The maximum Gasteiger partial charge on any atom is 0.349 e. The number of carbonyl (C=O) groups is 3. The highest BCUT2D eigenvalue weighted by Gasteiger charge is 2.61. The monoisotopic (exact) mass is 392 g/mol. The molecule has 2 rings (SSSR count). The summed E-state index contributed by atoms with van der Waals surface area (Å²) in [5.41, 5.74) is 0. The summed E-state index contributed by atoms with van der Waals surface area (Å²) >= 11 is 0. The molecule has 0 aromatic carbocycles. The molecule has 1 aliphatic heterocycles. The van der Waals surface area contributed by atoms with E-state index in [9.17, 15) is 32.5 Å². The Hall–Kier alpha value is -1.63. The predicted molar refractivity (Wildman–Crippen MR) is 85.6 cm³/mol. The van der Waals surface area contributed by atoms with E-state index in [-0.39, 0.29) is 17.7 Å². The molecule has 1 unspecified atom stereocenters. The largest absolute Gasteiger partial charge is 0.479 e. The summed E-state index contributed by atoms with van der Waals surface area (Å²) in [6.07, 6.45) is 0.881. The minimum Gasteiger partial charge on any atom is -0.479 e. The summed E-state index contributed by atoms with van der Waals surface area (Å²) in [5.74, 6) is -4.66. The van der Waals surface area contributed by atoms with Crippen LogP contribution in [-0.4, -0.2) is 56.4 Å². The van der Waals surface area contributed by atoms with Crippen molar-refractivity contribution in [3.63, 3.8) is 0 Å². The number of carboxylic acids is 1. The van der Waals surface area contributed by atoms with Crippen LogP contribution in [0, 0.1) is 0 Å². The van der Waals surface area contributed by atoms with Crippen LogP contribution in [0.2, 0.25) is 0 Å². The van der Waals surface area contributed by atoms with Gasteiger partial charge in [-0.1, -0.05) is 16.9 Å². The van der Waals surface area contributed by atoms with Crippen LogP contribution in [0.25, 0.3) is 0 Å². The average Bonchev–Trinajstić information content (AvgIpc) is 2.83. The molecule has 1 aliphatic rings. The number of hydrogen-bond donors (Lipinski definition) is 2. The molecule has 9 nitrogen and oxygen atoms in total. The lowest BCUT2D eigenvalue weighted by atomic mass is 10.3. The van der Waals surface area contributed by atoms with Gasteiger partial charge >= 0.3 is 16.1 Å². The van der Waals surface area contributed by atoms with Crippen molar-refractivity contribution >= 4 is 49.5 Å². The van der Waals surface area contributed by atoms with Crippen molar-refractivity contribution < 1.29 is 32.5 Å². The number of likely N-dealkylation sites (tertiary alicyclic amines) is 1. The average molecular weight is 392 g/mol. The van der Waals surface area contributed by atoms with Gasteiger partial charge in [0.05, 0.1) is 5.75 Å². The van der Waals surface area contributed by atoms with Crippen molar-refractivity contribution in [2.75, 3.05) is 5.75 Å². The van der Waals surface area contributed by atoms with E-state index in [4.69, 9.17) is 0 Å². The molecule has 0 radical (unpaired) electrons. The zero-order chi connectivity index (χ0) is 18.0. The lowest BCUT2D eigenvalue weighted by Gasteiger charge is -2.33. The number of amides is 2. The van der Waals surface area contributed by atoms with E-state index in [1.807, 2.05) is 0 Å². The van der Waals surface area contributed by atoms with Gasteiger partial charge in [-0.3, -0.25) is 14.1 Å². The third-order valence-corrected chi connectivity index (χ3v) is 7.03. The van der Waals surface area contributed by atoms with Gasteiger partial charge in [-0.25, -0.2) is 14.7 Å². The topological polar surface area (TPSA) is 142 Å². The highest BCUT2D eigenvalue weighted by Crippen LogP contribution is 2.38. The molecule has 1 aromatic rings. The maximum absolute atomic E-state index is 11.9. The van der Waals surface area contributed by atoms with Crippen molar-refractivity contribution in [2.45, 2.75) is 22.7 Å². The second-order valence-corrected chi connectivity index (χ2v) is 8.64. The number of carbonyl (C=O) groups excluding carboxylic acids is 2. The maximum atomic E-state index is 11.9. The van der Waals surface area contributed by atoms with Gasteiger partial charge in [0, 0.05) is 19.0 Å². The number of aromatic nitrogens is 1. The minimum atomic E-state index is -5.30. The zero-order valence-corrected chi connectivity index (χ0v) is 14.4. The molecule has 1 saturated heterocycles. The molecule has 0 bridgehead atoms. The van der Waals surface area contributed by atoms with Gasteiger partial charge in [-0.2, -0.15) is 8.42 Å². The molecular weight excluding hydrogens is 380 g/mol. The third-order valence-electron chi connectivity index (χ3n) is 3.21. The number of aliphatic carboxylic acids is 1. The SMILES string of the molecule is O=C1CCC(=O)N1C(CSSc1ccccn1)(C(=O)O)S(=O)(=O)O. The van der Waals surface area contributed by atoms with Gasteiger partial charge in [0.15, 0.2) is 0 Å². The van der Waals surface area contributed by atoms with E-state index in [1.54, 1.807) is 18.2 Å². The van der Waals surface area contributed by atoms with Crippen LogP contribution < -0.4 is 0 Å². The molecule has 2 amide bonds. The first kappa shape index (κ1) is 18.7. The Morgan fingerprint density at radius 3 is 2.38 bits per heavy atom. The summed E-state index contributed by atoms with van der Waals surface area (Å²) in [5, 5.41) is 9.90. The van der Waals surface area contributed by atoms with E-state index in [0.717, 1.165) is 21.6 Å². The van der Waals surface area contributed by atoms with Gasteiger partial charge in [0.1, 0.15) is 5.03 Å². The van der Waals surface area contributed by atoms with Crippen LogP contribution in [0.5, 0.6) is 0 Å². The first-order chi connectivity index (χ1) is 11.2. The summed E-state index contributed by atoms with van der Waals surface area (Å²) in [6.45, 7) is 0. The summed E-state index contributed by atoms with van der Waals surface area (Å²) < 4.78 is 33.1. The second kappa shape index (κ2) is 7.09. The molecule has 2 N–H and O–H groups in total. The van der Waals surface area contributed by atoms with Crippen molar-refractivity contribution in [1.29, 1.82) is 0 Å². The van der Waals surface area contributed by atoms with Crippen LogP contribution in [-0.2, 0) is 24.5 Å². The fourth-order valence-corrected chi connectivity index (χ4v) is 5.90. The fourth-order valence-electron chi connectivity index (χ4n) is 2.07. The Kier molecular flexibility index (Phi) is 5.52. The first-order valence-corrected chi connectivity index (χ1v) is 10.2. The zero-order valence-electron chi connectivity index (χ0n) is 12.0. The lowest BCUT2D eigenvalue weighted by molar-refractivity contribution is -0.156. The molecule has 1 atom stereocenters. The predicted octanol–water partition coefficient (Wildman–Crippen LogP) is 0.640. The van der Waals surface area contributed by atoms with Gasteiger partial charge in [-0.05, 0) is 22.9 Å². The third kappa shape index (κ3) is 3.41. The summed E-state index contributed by atoms with van der Waals surface area (Å²) in [6, 6.07) is 4.95. The summed E-state index contributed by atoms with van der Waals surface area (Å²) in [4.78, 5) is 36.4.